The number of aryl methyl sites for hydroxylation is 1. The number of carbonyl (C=O) groups is 3. The second kappa shape index (κ2) is 12.4. The third kappa shape index (κ3) is 7.95. The number of likely N-dealkylation sites (tertiary alicyclic amines) is 1. The molecule has 0 radical (unpaired) electrons. The molecule has 1 fully saturated rings. The van der Waals surface area contributed by atoms with Crippen molar-refractivity contribution in [2.75, 3.05) is 44.7 Å². The van der Waals surface area contributed by atoms with Gasteiger partial charge in [0.25, 0.3) is 0 Å². The van der Waals surface area contributed by atoms with Gasteiger partial charge < -0.3 is 20.1 Å². The number of nitrogens with one attached hydrogen (secondary N) is 2. The van der Waals surface area contributed by atoms with Gasteiger partial charge >= 0.3 is 5.97 Å². The van der Waals surface area contributed by atoms with Crippen LogP contribution in [0.25, 0.3) is 0 Å². The molecule has 10 heteroatoms. The van der Waals surface area contributed by atoms with E-state index in [0.717, 1.165) is 6.42 Å². The minimum atomic E-state index is -0.520. The average Bonchev–Trinajstić information content (AvgIpc) is 3.08. The van der Waals surface area contributed by atoms with Gasteiger partial charge in [-0.05, 0) is 53.1 Å². The van der Waals surface area contributed by atoms with Gasteiger partial charge in [0.2, 0.25) is 11.8 Å². The number of carbonyl (C=O) groups excluding carboxylic acids is 3. The normalized spacial score (nSPS) is 15.1. The van der Waals surface area contributed by atoms with Crippen molar-refractivity contribution in [3.05, 3.63) is 11.8 Å². The number of anilines is 1. The lowest BCUT2D eigenvalue weighted by Gasteiger charge is -2.30. The molecule has 1 aromatic rings. The summed E-state index contributed by atoms with van der Waals surface area (Å²) in [7, 11) is 1.65. The molecule has 31 heavy (non-hydrogen) atoms. The maximum Gasteiger partial charge on any atom is 0.343 e. The fourth-order valence-corrected chi connectivity index (χ4v) is 3.42. The van der Waals surface area contributed by atoms with Crippen molar-refractivity contribution in [3.8, 4) is 0 Å². The van der Waals surface area contributed by atoms with Crippen molar-refractivity contribution >= 4 is 23.6 Å². The molecule has 2 amide bonds. The molecule has 10 nitrogen and oxygen atoms in total. The minimum Gasteiger partial charge on any atom is -0.462 e. The van der Waals surface area contributed by atoms with Gasteiger partial charge in [-0.25, -0.2) is 4.79 Å². The summed E-state index contributed by atoms with van der Waals surface area (Å²) in [5, 5.41) is 9.76. The molecule has 0 atom stereocenters. The molecular weight excluding hydrogens is 402 g/mol. The van der Waals surface area contributed by atoms with Crippen LogP contribution in [0.3, 0.4) is 0 Å². The van der Waals surface area contributed by atoms with Crippen LogP contribution in [-0.4, -0.2) is 78.0 Å². The lowest BCUT2D eigenvalue weighted by Crippen LogP contribution is -2.43. The summed E-state index contributed by atoms with van der Waals surface area (Å²) in [4.78, 5) is 38.8. The van der Waals surface area contributed by atoms with Gasteiger partial charge in [0.15, 0.2) is 0 Å². The molecule has 0 spiro atoms. The third-order valence-electron chi connectivity index (χ3n) is 5.09. The van der Waals surface area contributed by atoms with Gasteiger partial charge in [0, 0.05) is 26.1 Å². The van der Waals surface area contributed by atoms with Crippen LogP contribution < -0.4 is 10.6 Å². The molecule has 1 aliphatic heterocycles. The Labute approximate surface area is 183 Å². The predicted octanol–water partition coefficient (Wildman–Crippen LogP) is 1.18. The maximum atomic E-state index is 12.5. The van der Waals surface area contributed by atoms with E-state index in [9.17, 15) is 14.4 Å². The van der Waals surface area contributed by atoms with Crippen molar-refractivity contribution < 1.29 is 23.9 Å². The molecule has 0 saturated carbocycles. The van der Waals surface area contributed by atoms with Crippen LogP contribution in [0.1, 0.15) is 50.4 Å². The SMILES string of the molecule is CCOC(=O)c1cnn(C)c1NC(=O)CN1CCC(C(=O)NCCCOC(C)C)CC1. The number of aromatic nitrogens is 2. The van der Waals surface area contributed by atoms with Crippen LogP contribution in [0.5, 0.6) is 0 Å². The van der Waals surface area contributed by atoms with Gasteiger partial charge in [-0.15, -0.1) is 0 Å². The first kappa shape index (κ1) is 24.8. The summed E-state index contributed by atoms with van der Waals surface area (Å²) in [6.45, 7) is 8.71. The van der Waals surface area contributed by atoms with Crippen LogP contribution in [0, 0.1) is 5.92 Å². The van der Waals surface area contributed by atoms with Crippen molar-refractivity contribution in [1.82, 2.24) is 20.0 Å². The molecule has 0 bridgehead atoms. The van der Waals surface area contributed by atoms with Gasteiger partial charge in [0.1, 0.15) is 11.4 Å². The highest BCUT2D eigenvalue weighted by molar-refractivity contribution is 6.00. The standard InChI is InChI=1S/C21H35N5O5/c1-5-30-21(29)17-13-23-25(4)19(17)24-18(27)14-26-10-7-16(8-11-26)20(28)22-9-6-12-31-15(2)3/h13,15-16H,5-12,14H2,1-4H3,(H,22,28)(H,24,27). The van der Waals surface area contributed by atoms with E-state index in [-0.39, 0.29) is 42.6 Å². The highest BCUT2D eigenvalue weighted by atomic mass is 16.5. The Hall–Kier alpha value is -2.46. The number of esters is 1. The Balaban J connectivity index is 1.73. The van der Waals surface area contributed by atoms with E-state index < -0.39 is 5.97 Å². The van der Waals surface area contributed by atoms with Crippen LogP contribution >= 0.6 is 0 Å². The second-order valence-electron chi connectivity index (χ2n) is 7.91. The fraction of sp³-hybridized carbons (Fsp3) is 0.714. The average molecular weight is 438 g/mol. The van der Waals surface area contributed by atoms with E-state index in [1.807, 2.05) is 18.7 Å². The number of hydrogen-bond donors (Lipinski definition) is 2. The summed E-state index contributed by atoms with van der Waals surface area (Å²) in [6.07, 6.45) is 3.80. The highest BCUT2D eigenvalue weighted by Gasteiger charge is 2.26. The minimum absolute atomic E-state index is 0.0298. The molecule has 2 rings (SSSR count). The first-order chi connectivity index (χ1) is 14.8. The molecule has 0 unspecified atom stereocenters. The van der Waals surface area contributed by atoms with Gasteiger partial charge in [-0.1, -0.05) is 0 Å². The number of hydrogen-bond acceptors (Lipinski definition) is 7. The number of ether oxygens (including phenoxy) is 2. The summed E-state index contributed by atoms with van der Waals surface area (Å²) < 4.78 is 11.9. The molecule has 1 aromatic heterocycles. The van der Waals surface area contributed by atoms with Crippen molar-refractivity contribution in [2.45, 2.75) is 46.1 Å². The second-order valence-corrected chi connectivity index (χ2v) is 7.91. The van der Waals surface area contributed by atoms with Gasteiger partial charge in [-0.2, -0.15) is 5.10 Å². The molecule has 1 aliphatic rings. The van der Waals surface area contributed by atoms with Crippen molar-refractivity contribution in [3.63, 3.8) is 0 Å². The van der Waals surface area contributed by atoms with E-state index in [1.54, 1.807) is 14.0 Å². The number of rotatable bonds is 11. The predicted molar refractivity (Wildman–Crippen MR) is 116 cm³/mol. The van der Waals surface area contributed by atoms with Crippen molar-refractivity contribution in [2.24, 2.45) is 13.0 Å². The Morgan fingerprint density at radius 2 is 1.97 bits per heavy atom. The largest absolute Gasteiger partial charge is 0.462 e. The van der Waals surface area contributed by atoms with E-state index >= 15 is 0 Å². The smallest absolute Gasteiger partial charge is 0.343 e. The zero-order valence-corrected chi connectivity index (χ0v) is 19.0. The lowest BCUT2D eigenvalue weighted by molar-refractivity contribution is -0.126. The van der Waals surface area contributed by atoms with Crippen LogP contribution in [0.4, 0.5) is 5.82 Å². The molecule has 2 heterocycles. The van der Waals surface area contributed by atoms with Crippen molar-refractivity contribution in [1.29, 1.82) is 0 Å². The number of amides is 2. The van der Waals surface area contributed by atoms with E-state index in [4.69, 9.17) is 9.47 Å². The van der Waals surface area contributed by atoms with Crippen LogP contribution in [0.2, 0.25) is 0 Å². The van der Waals surface area contributed by atoms with E-state index in [2.05, 4.69) is 15.7 Å². The summed E-state index contributed by atoms with van der Waals surface area (Å²) in [5.74, 6) is -0.393. The van der Waals surface area contributed by atoms with Crippen LogP contribution in [0.15, 0.2) is 6.20 Å². The monoisotopic (exact) mass is 437 g/mol. The first-order valence-corrected chi connectivity index (χ1v) is 10.9. The Bertz CT molecular complexity index is 741. The lowest BCUT2D eigenvalue weighted by atomic mass is 9.96. The zero-order valence-electron chi connectivity index (χ0n) is 19.0. The summed E-state index contributed by atoms with van der Waals surface area (Å²) in [5.41, 5.74) is 0.229. The molecule has 0 aromatic carbocycles. The Morgan fingerprint density at radius 3 is 2.61 bits per heavy atom. The first-order valence-electron chi connectivity index (χ1n) is 10.9. The Morgan fingerprint density at radius 1 is 1.26 bits per heavy atom. The molecule has 1 saturated heterocycles. The molecule has 0 aliphatic carbocycles. The zero-order chi connectivity index (χ0) is 22.8. The van der Waals surface area contributed by atoms with E-state index in [1.165, 1.54) is 10.9 Å². The Kier molecular flexibility index (Phi) is 9.93. The molecule has 2 N–H and O–H groups in total. The molecular formula is C21H35N5O5. The molecule has 174 valence electrons. The van der Waals surface area contributed by atoms with Gasteiger partial charge in [-0.3, -0.25) is 19.2 Å². The summed E-state index contributed by atoms with van der Waals surface area (Å²) >= 11 is 0. The number of piperidine rings is 1. The van der Waals surface area contributed by atoms with Crippen LogP contribution in [-0.2, 0) is 26.1 Å². The maximum absolute atomic E-state index is 12.5. The summed E-state index contributed by atoms with van der Waals surface area (Å²) in [6, 6.07) is 0. The fourth-order valence-electron chi connectivity index (χ4n) is 3.42. The quantitative estimate of drug-likeness (QED) is 0.395. The topological polar surface area (TPSA) is 115 Å². The number of nitrogens with zero attached hydrogens (tertiary/aromatic N) is 3. The van der Waals surface area contributed by atoms with E-state index in [0.29, 0.717) is 44.9 Å². The van der Waals surface area contributed by atoms with Gasteiger partial charge in [0.05, 0.1) is 25.5 Å². The third-order valence-corrected chi connectivity index (χ3v) is 5.09. The highest BCUT2D eigenvalue weighted by Crippen LogP contribution is 2.18.